The Morgan fingerprint density at radius 1 is 1.07 bits per heavy atom. The van der Waals surface area contributed by atoms with Crippen LogP contribution in [0.1, 0.15) is 37.7 Å². The van der Waals surface area contributed by atoms with Crippen molar-refractivity contribution in [1.29, 1.82) is 0 Å². The predicted octanol–water partition coefficient (Wildman–Crippen LogP) is 4.32. The molecule has 4 nitrogen and oxygen atoms in total. The first-order valence-electron chi connectivity index (χ1n) is 9.95. The summed E-state index contributed by atoms with van der Waals surface area (Å²) in [6, 6.07) is 17.7. The molecule has 2 aromatic rings. The normalized spacial score (nSPS) is 23.0. The smallest absolute Gasteiger partial charge is 0.220 e. The first-order valence-corrected chi connectivity index (χ1v) is 9.95. The van der Waals surface area contributed by atoms with Crippen LogP contribution in [0.2, 0.25) is 0 Å². The van der Waals surface area contributed by atoms with Crippen molar-refractivity contribution in [2.24, 2.45) is 5.92 Å². The highest BCUT2D eigenvalue weighted by molar-refractivity contribution is 5.85. The number of piperidine rings is 1. The quantitative estimate of drug-likeness (QED) is 0.759. The second kappa shape index (κ2) is 9.44. The molecule has 2 aliphatic rings. The van der Waals surface area contributed by atoms with Crippen LogP contribution in [0.3, 0.4) is 0 Å². The molecule has 150 valence electrons. The first kappa shape index (κ1) is 20.7. The Hall–Kier alpha value is -2.04. The van der Waals surface area contributed by atoms with Gasteiger partial charge in [-0.3, -0.25) is 4.79 Å². The third-order valence-electron chi connectivity index (χ3n) is 5.89. The molecule has 2 saturated heterocycles. The van der Waals surface area contributed by atoms with Crippen molar-refractivity contribution in [2.45, 2.75) is 50.7 Å². The summed E-state index contributed by atoms with van der Waals surface area (Å²) in [5.41, 5.74) is 3.40. The summed E-state index contributed by atoms with van der Waals surface area (Å²) in [6.07, 6.45) is 5.53. The molecule has 4 rings (SSSR count). The third kappa shape index (κ3) is 5.06. The van der Waals surface area contributed by atoms with Gasteiger partial charge in [0.1, 0.15) is 5.75 Å². The van der Waals surface area contributed by atoms with Gasteiger partial charge in [-0.15, -0.1) is 12.4 Å². The van der Waals surface area contributed by atoms with Gasteiger partial charge in [0.2, 0.25) is 5.91 Å². The van der Waals surface area contributed by atoms with Crippen molar-refractivity contribution >= 4 is 18.3 Å². The highest BCUT2D eigenvalue weighted by Gasteiger charge is 2.34. The summed E-state index contributed by atoms with van der Waals surface area (Å²) in [6.45, 7) is 0.592. The van der Waals surface area contributed by atoms with Crippen LogP contribution in [0.25, 0.3) is 11.1 Å². The van der Waals surface area contributed by atoms with Crippen LogP contribution in [0.4, 0.5) is 0 Å². The average Bonchev–Trinajstić information content (AvgIpc) is 3.05. The molecule has 0 aliphatic carbocycles. The maximum atomic E-state index is 12.3. The Balaban J connectivity index is 0.00000225. The van der Waals surface area contributed by atoms with Crippen LogP contribution >= 0.6 is 12.4 Å². The summed E-state index contributed by atoms with van der Waals surface area (Å²) in [4.78, 5) is 12.3. The van der Waals surface area contributed by atoms with E-state index in [0.29, 0.717) is 31.0 Å². The van der Waals surface area contributed by atoms with Gasteiger partial charge in [-0.1, -0.05) is 36.4 Å². The van der Waals surface area contributed by atoms with Crippen LogP contribution in [0, 0.1) is 5.92 Å². The number of benzene rings is 2. The molecule has 2 aromatic carbocycles. The van der Waals surface area contributed by atoms with Crippen LogP contribution < -0.4 is 15.4 Å². The summed E-state index contributed by atoms with van der Waals surface area (Å²) in [7, 11) is 1.68. The summed E-state index contributed by atoms with van der Waals surface area (Å²) >= 11 is 0. The number of fused-ring (bicyclic) bond motifs is 2. The molecule has 2 fully saturated rings. The van der Waals surface area contributed by atoms with Crippen molar-refractivity contribution in [3.8, 4) is 16.9 Å². The zero-order chi connectivity index (χ0) is 18.6. The summed E-state index contributed by atoms with van der Waals surface area (Å²) < 4.78 is 5.29. The van der Waals surface area contributed by atoms with Gasteiger partial charge in [-0.05, 0) is 60.4 Å². The lowest BCUT2D eigenvalue weighted by atomic mass is 9.89. The lowest BCUT2D eigenvalue weighted by Crippen LogP contribution is -2.39. The third-order valence-corrected chi connectivity index (χ3v) is 5.89. The van der Waals surface area contributed by atoms with Gasteiger partial charge in [-0.2, -0.15) is 0 Å². The number of nitrogens with one attached hydrogen (secondary N) is 2. The largest absolute Gasteiger partial charge is 0.497 e. The van der Waals surface area contributed by atoms with Crippen molar-refractivity contribution in [3.63, 3.8) is 0 Å². The number of carbonyl (C=O) groups excluding carboxylic acids is 1. The fourth-order valence-corrected chi connectivity index (χ4v) is 4.49. The molecule has 2 bridgehead atoms. The monoisotopic (exact) mass is 400 g/mol. The van der Waals surface area contributed by atoms with Gasteiger partial charge in [0, 0.05) is 25.0 Å². The minimum Gasteiger partial charge on any atom is -0.497 e. The van der Waals surface area contributed by atoms with E-state index in [1.165, 1.54) is 12.8 Å². The number of ether oxygens (including phenoxy) is 1. The van der Waals surface area contributed by atoms with Crippen molar-refractivity contribution in [1.82, 2.24) is 10.6 Å². The van der Waals surface area contributed by atoms with Crippen LogP contribution in [-0.2, 0) is 11.3 Å². The molecule has 0 saturated carbocycles. The highest BCUT2D eigenvalue weighted by Crippen LogP contribution is 2.32. The van der Waals surface area contributed by atoms with Crippen molar-refractivity contribution in [3.05, 3.63) is 54.1 Å². The molecule has 2 N–H and O–H groups in total. The number of carbonyl (C=O) groups is 1. The summed E-state index contributed by atoms with van der Waals surface area (Å²) in [5, 5.41) is 6.73. The second-order valence-corrected chi connectivity index (χ2v) is 7.89. The Morgan fingerprint density at radius 2 is 1.79 bits per heavy atom. The molecule has 0 radical (unpaired) electrons. The molecule has 0 aromatic heterocycles. The minimum absolute atomic E-state index is 0. The molecule has 1 amide bonds. The zero-order valence-corrected chi connectivity index (χ0v) is 17.1. The van der Waals surface area contributed by atoms with Crippen molar-refractivity contribution in [2.75, 3.05) is 7.11 Å². The van der Waals surface area contributed by atoms with Gasteiger partial charge in [-0.25, -0.2) is 0 Å². The number of hydrogen-bond donors (Lipinski definition) is 2. The average molecular weight is 401 g/mol. The van der Waals surface area contributed by atoms with E-state index in [9.17, 15) is 4.79 Å². The molecular formula is C23H29ClN2O2. The van der Waals surface area contributed by atoms with Crippen LogP contribution in [-0.4, -0.2) is 25.1 Å². The molecule has 0 spiro atoms. The van der Waals surface area contributed by atoms with Gasteiger partial charge in [0.25, 0.3) is 0 Å². The number of halogens is 1. The van der Waals surface area contributed by atoms with E-state index < -0.39 is 0 Å². The van der Waals surface area contributed by atoms with Gasteiger partial charge in [0.15, 0.2) is 0 Å². The van der Waals surface area contributed by atoms with E-state index in [1.54, 1.807) is 7.11 Å². The fraction of sp³-hybridized carbons (Fsp3) is 0.435. The number of hydrogen-bond acceptors (Lipinski definition) is 3. The molecule has 28 heavy (non-hydrogen) atoms. The van der Waals surface area contributed by atoms with E-state index in [4.69, 9.17) is 4.74 Å². The second-order valence-electron chi connectivity index (χ2n) is 7.89. The minimum atomic E-state index is 0. The Morgan fingerprint density at radius 3 is 2.46 bits per heavy atom. The molecule has 2 unspecified atom stereocenters. The lowest BCUT2D eigenvalue weighted by Gasteiger charge is -2.28. The number of amides is 1. The molecule has 5 heteroatoms. The topological polar surface area (TPSA) is 50.4 Å². The first-order chi connectivity index (χ1) is 13.2. The predicted molar refractivity (Wildman–Crippen MR) is 115 cm³/mol. The molecule has 2 aliphatic heterocycles. The number of rotatable bonds is 6. The van der Waals surface area contributed by atoms with E-state index in [-0.39, 0.29) is 18.3 Å². The summed E-state index contributed by atoms with van der Waals surface area (Å²) in [5.74, 6) is 1.58. The Labute approximate surface area is 173 Å². The van der Waals surface area contributed by atoms with Crippen molar-refractivity contribution < 1.29 is 9.53 Å². The molecule has 2 atom stereocenters. The van der Waals surface area contributed by atoms with Crippen LogP contribution in [0.5, 0.6) is 5.75 Å². The van der Waals surface area contributed by atoms with Gasteiger partial charge >= 0.3 is 0 Å². The zero-order valence-electron chi connectivity index (χ0n) is 16.3. The Kier molecular flexibility index (Phi) is 6.97. The standard InChI is InChI=1S/C23H28N2O2.ClH/c1-27-22-4-2-3-19(14-22)18-7-5-16(6-8-18)15-24-23(26)13-17-11-20-9-10-21(12-17)25-20;/h2-8,14,17,20-21,25H,9-13,15H2,1H3,(H,24,26);1H. The Bertz CT molecular complexity index is 781. The number of methoxy groups -OCH3 is 1. The van der Waals surface area contributed by atoms with E-state index >= 15 is 0 Å². The van der Waals surface area contributed by atoms with E-state index in [1.807, 2.05) is 18.2 Å². The van der Waals surface area contributed by atoms with Gasteiger partial charge < -0.3 is 15.4 Å². The molecular weight excluding hydrogens is 372 g/mol. The maximum Gasteiger partial charge on any atom is 0.220 e. The van der Waals surface area contributed by atoms with E-state index in [2.05, 4.69) is 41.0 Å². The van der Waals surface area contributed by atoms with Gasteiger partial charge in [0.05, 0.1) is 7.11 Å². The van der Waals surface area contributed by atoms with E-state index in [0.717, 1.165) is 35.3 Å². The SMILES string of the molecule is COc1cccc(-c2ccc(CNC(=O)CC3CC4CCC(C3)N4)cc2)c1.Cl. The highest BCUT2D eigenvalue weighted by atomic mass is 35.5. The molecule has 2 heterocycles. The lowest BCUT2D eigenvalue weighted by molar-refractivity contribution is -0.122. The maximum absolute atomic E-state index is 12.3. The van der Waals surface area contributed by atoms with Crippen LogP contribution in [0.15, 0.2) is 48.5 Å². The fourth-order valence-electron chi connectivity index (χ4n) is 4.49.